The molecule has 1 heterocycles. The first kappa shape index (κ1) is 38.1. The second-order valence-corrected chi connectivity index (χ2v) is 25.0. The molecule has 0 aliphatic heterocycles. The molecule has 3 heteroatoms. The molecule has 0 spiro atoms. The van der Waals surface area contributed by atoms with Gasteiger partial charge in [-0.2, -0.15) is 0 Å². The van der Waals surface area contributed by atoms with Crippen molar-refractivity contribution in [2.24, 2.45) is 0 Å². The molecule has 10 aromatic carbocycles. The van der Waals surface area contributed by atoms with Crippen molar-refractivity contribution in [3.8, 4) is 11.1 Å². The molecular weight excluding hydrogens is 797 g/mol. The molecule has 294 valence electrons. The van der Waals surface area contributed by atoms with Gasteiger partial charge in [-0.3, -0.25) is 0 Å². The molecule has 0 bridgehead atoms. The number of hydrogen-bond donors (Lipinski definition) is 0. The molecule has 1 aromatic heterocycles. The second kappa shape index (κ2) is 15.9. The van der Waals surface area contributed by atoms with Crippen LogP contribution in [0.15, 0.2) is 249 Å². The van der Waals surface area contributed by atoms with Gasteiger partial charge in [-0.25, -0.2) is 0 Å². The molecule has 11 rings (SSSR count). The van der Waals surface area contributed by atoms with Gasteiger partial charge < -0.3 is 0 Å². The van der Waals surface area contributed by atoms with E-state index in [1.54, 1.807) is 0 Å². The zero-order valence-electron chi connectivity index (χ0n) is 34.6. The predicted molar refractivity (Wildman–Crippen MR) is 274 cm³/mol. The van der Waals surface area contributed by atoms with Gasteiger partial charge in [-0.1, -0.05) is 243 Å². The summed E-state index contributed by atoms with van der Waals surface area (Å²) in [4.78, 5) is 1.38. The molecule has 0 unspecified atom stereocenters. The fourth-order valence-corrected chi connectivity index (χ4v) is 22.7. The average Bonchev–Trinajstić information content (AvgIpc) is 3.68. The SMILES string of the molecule is Cc1sc2cc(-c3c4ccccc4c([Si](c4ccccc4)(c4ccccc4)c4ccccc4)c4ccccc34)ccc2c1[Si](c1ccccc1)(c1ccccc1)c1ccccc1. The van der Waals surface area contributed by atoms with Crippen LogP contribution in [0.3, 0.4) is 0 Å². The Morgan fingerprint density at radius 3 is 0.952 bits per heavy atom. The Balaban J connectivity index is 1.22. The maximum atomic E-state index is 2.50. The van der Waals surface area contributed by atoms with Crippen molar-refractivity contribution in [2.45, 2.75) is 6.92 Å². The molecule has 11 aromatic rings. The standard InChI is InChI=1S/C59H44SSi2/c1-43-58(61(45-24-8-2-9-25-45,46-26-10-3-11-27-46)47-28-12-4-13-29-47)55-41-40-44(42-56(55)60-43)57-51-36-20-22-38-53(51)59(54-39-23-21-37-52(54)57)62(48-30-14-5-15-31-48,49-32-16-6-17-33-49)50-34-18-7-19-35-50/h2-42H,1H3. The Morgan fingerprint density at radius 1 is 0.290 bits per heavy atom. The van der Waals surface area contributed by atoms with Crippen LogP contribution in [0.25, 0.3) is 42.8 Å². The summed E-state index contributed by atoms with van der Waals surface area (Å²) in [5.41, 5.74) is 2.55. The summed E-state index contributed by atoms with van der Waals surface area (Å²) in [6.07, 6.45) is 0. The molecule has 0 fully saturated rings. The topological polar surface area (TPSA) is 0 Å². The molecule has 0 aliphatic rings. The first-order valence-electron chi connectivity index (χ1n) is 21.5. The number of thiophene rings is 1. The van der Waals surface area contributed by atoms with Gasteiger partial charge in [-0.15, -0.1) is 11.3 Å². The van der Waals surface area contributed by atoms with E-state index in [1.165, 1.54) is 89.1 Å². The Morgan fingerprint density at radius 2 is 0.597 bits per heavy atom. The highest BCUT2D eigenvalue weighted by Gasteiger charge is 2.45. The maximum Gasteiger partial charge on any atom is 0.181 e. The van der Waals surface area contributed by atoms with Crippen LogP contribution in [-0.2, 0) is 0 Å². The lowest BCUT2D eigenvalue weighted by atomic mass is 9.91. The third-order valence-corrected chi connectivity index (χ3v) is 24.2. The van der Waals surface area contributed by atoms with Crippen LogP contribution in [-0.4, -0.2) is 16.1 Å². The van der Waals surface area contributed by atoms with Crippen molar-refractivity contribution in [2.75, 3.05) is 0 Å². The van der Waals surface area contributed by atoms with Crippen molar-refractivity contribution >= 4 is 101 Å². The fraction of sp³-hybridized carbons (Fsp3) is 0.0169. The van der Waals surface area contributed by atoms with Gasteiger partial charge in [0.05, 0.1) is 0 Å². The maximum absolute atomic E-state index is 2.91. The predicted octanol–water partition coefficient (Wildman–Crippen LogP) is 9.94. The average molecular weight is 841 g/mol. The van der Waals surface area contributed by atoms with Crippen LogP contribution < -0.4 is 41.5 Å². The molecule has 0 N–H and O–H groups in total. The van der Waals surface area contributed by atoms with E-state index in [9.17, 15) is 0 Å². The van der Waals surface area contributed by atoms with Gasteiger partial charge in [0.25, 0.3) is 0 Å². The highest BCUT2D eigenvalue weighted by atomic mass is 32.1. The van der Waals surface area contributed by atoms with Crippen molar-refractivity contribution in [1.82, 2.24) is 0 Å². The first-order chi connectivity index (χ1) is 30.7. The lowest BCUT2D eigenvalue weighted by Crippen LogP contribution is -2.75. The summed E-state index contributed by atoms with van der Waals surface area (Å²) in [7, 11) is -5.66. The van der Waals surface area contributed by atoms with E-state index in [0.717, 1.165) is 0 Å². The van der Waals surface area contributed by atoms with Gasteiger partial charge in [0.2, 0.25) is 0 Å². The van der Waals surface area contributed by atoms with Crippen LogP contribution in [0.4, 0.5) is 0 Å². The Kier molecular flexibility index (Phi) is 9.74. The van der Waals surface area contributed by atoms with Crippen LogP contribution >= 0.6 is 11.3 Å². The minimum absolute atomic E-state index is 1.25. The van der Waals surface area contributed by atoms with E-state index in [1.807, 2.05) is 11.3 Å². The van der Waals surface area contributed by atoms with Crippen LogP contribution in [0.1, 0.15) is 4.88 Å². The molecule has 0 amide bonds. The third kappa shape index (κ3) is 5.92. The van der Waals surface area contributed by atoms with Gasteiger partial charge in [-0.05, 0) is 92.5 Å². The largest absolute Gasteiger partial charge is 0.181 e. The highest BCUT2D eigenvalue weighted by molar-refractivity contribution is 7.27. The lowest BCUT2D eigenvalue weighted by Gasteiger charge is -2.37. The fourth-order valence-electron chi connectivity index (χ4n) is 10.7. The third-order valence-electron chi connectivity index (χ3n) is 13.1. The minimum Gasteiger partial charge on any atom is -0.141 e. The van der Waals surface area contributed by atoms with Crippen molar-refractivity contribution in [3.05, 3.63) is 254 Å². The molecular formula is C59H44SSi2. The molecule has 0 saturated heterocycles. The molecule has 0 radical (unpaired) electrons. The summed E-state index contributed by atoms with van der Waals surface area (Å²) in [5.74, 6) is 0. The number of benzene rings is 10. The number of hydrogen-bond acceptors (Lipinski definition) is 1. The lowest BCUT2D eigenvalue weighted by molar-refractivity contribution is 1.64. The minimum atomic E-state index is -2.91. The van der Waals surface area contributed by atoms with Gasteiger partial charge in [0, 0.05) is 9.58 Å². The Hall–Kier alpha value is -6.89. The quantitative estimate of drug-likeness (QED) is 0.0772. The van der Waals surface area contributed by atoms with E-state index >= 15 is 0 Å². The second-order valence-electron chi connectivity index (χ2n) is 16.3. The molecule has 0 atom stereocenters. The summed E-state index contributed by atoms with van der Waals surface area (Å²) in [6.45, 7) is 2.36. The zero-order valence-corrected chi connectivity index (χ0v) is 37.4. The molecule has 0 aliphatic carbocycles. The smallest absolute Gasteiger partial charge is 0.141 e. The molecule has 62 heavy (non-hydrogen) atoms. The summed E-state index contributed by atoms with van der Waals surface area (Å²) >= 11 is 1.95. The van der Waals surface area contributed by atoms with Crippen LogP contribution in [0.2, 0.25) is 0 Å². The monoisotopic (exact) mass is 840 g/mol. The Bertz CT molecular complexity index is 3080. The van der Waals surface area contributed by atoms with Crippen LogP contribution in [0, 0.1) is 6.92 Å². The number of aryl methyl sites for hydroxylation is 1. The van der Waals surface area contributed by atoms with Crippen molar-refractivity contribution in [3.63, 3.8) is 0 Å². The zero-order chi connectivity index (χ0) is 41.5. The molecule has 0 saturated carbocycles. The van der Waals surface area contributed by atoms with Gasteiger partial charge in [0.1, 0.15) is 0 Å². The van der Waals surface area contributed by atoms with E-state index in [4.69, 9.17) is 0 Å². The van der Waals surface area contributed by atoms with E-state index in [0.29, 0.717) is 0 Å². The summed E-state index contributed by atoms with van der Waals surface area (Å²) in [5, 5.41) is 17.8. The van der Waals surface area contributed by atoms with Crippen molar-refractivity contribution < 1.29 is 0 Å². The highest BCUT2D eigenvalue weighted by Crippen LogP contribution is 2.39. The normalized spacial score (nSPS) is 12.0. The Labute approximate surface area is 370 Å². The van der Waals surface area contributed by atoms with Crippen molar-refractivity contribution in [1.29, 1.82) is 0 Å². The number of fused-ring (bicyclic) bond motifs is 3. The van der Waals surface area contributed by atoms with Gasteiger partial charge in [0.15, 0.2) is 16.1 Å². The molecule has 0 nitrogen and oxygen atoms in total. The van der Waals surface area contributed by atoms with E-state index in [2.05, 4.69) is 256 Å². The van der Waals surface area contributed by atoms with Crippen LogP contribution in [0.5, 0.6) is 0 Å². The first-order valence-corrected chi connectivity index (χ1v) is 26.3. The van der Waals surface area contributed by atoms with E-state index in [-0.39, 0.29) is 0 Å². The van der Waals surface area contributed by atoms with Gasteiger partial charge >= 0.3 is 0 Å². The summed E-state index contributed by atoms with van der Waals surface area (Å²) in [6, 6.07) is 93.8. The summed E-state index contributed by atoms with van der Waals surface area (Å²) < 4.78 is 1.33. The van der Waals surface area contributed by atoms with E-state index < -0.39 is 16.1 Å². The number of rotatable bonds is 9.